The Morgan fingerprint density at radius 1 is 1.11 bits per heavy atom. The first-order valence-corrected chi connectivity index (χ1v) is 12.8. The third kappa shape index (κ3) is 6.20. The van der Waals surface area contributed by atoms with Gasteiger partial charge in [0.2, 0.25) is 6.79 Å². The molecule has 0 aliphatic carbocycles. The van der Waals surface area contributed by atoms with Crippen molar-refractivity contribution in [1.29, 1.82) is 0 Å². The first kappa shape index (κ1) is 26.4. The van der Waals surface area contributed by atoms with Gasteiger partial charge in [0.05, 0.1) is 30.4 Å². The van der Waals surface area contributed by atoms with Crippen LogP contribution < -0.4 is 20.3 Å². The quantitative estimate of drug-likeness (QED) is 0.302. The number of fused-ring (bicyclic) bond motifs is 2. The summed E-state index contributed by atoms with van der Waals surface area (Å²) in [7, 11) is 1.34. The Hall–Kier alpha value is -3.63. The Morgan fingerprint density at radius 2 is 1.84 bits per heavy atom. The molecule has 10 heteroatoms. The number of para-hydroxylation sites is 1. The predicted molar refractivity (Wildman–Crippen MR) is 148 cm³/mol. The summed E-state index contributed by atoms with van der Waals surface area (Å²) in [6.07, 6.45) is 0.853. The van der Waals surface area contributed by atoms with Gasteiger partial charge in [-0.1, -0.05) is 26.0 Å². The maximum Gasteiger partial charge on any atom is 0.339 e. The van der Waals surface area contributed by atoms with Gasteiger partial charge in [-0.2, -0.15) is 0 Å². The number of ether oxygens (including phenoxy) is 3. The summed E-state index contributed by atoms with van der Waals surface area (Å²) in [5.41, 5.74) is 1.99. The summed E-state index contributed by atoms with van der Waals surface area (Å²) >= 11 is 5.78. The number of esters is 1. The van der Waals surface area contributed by atoms with E-state index in [-0.39, 0.29) is 12.4 Å². The van der Waals surface area contributed by atoms with Crippen molar-refractivity contribution in [1.82, 2.24) is 14.8 Å². The number of thiocarbonyl (C=S) groups is 1. The van der Waals surface area contributed by atoms with Crippen LogP contribution in [0.4, 0.5) is 5.69 Å². The molecule has 0 spiro atoms. The number of aromatic amines is 1. The first-order chi connectivity index (χ1) is 17.9. The Morgan fingerprint density at radius 3 is 2.57 bits per heavy atom. The standard InChI is InChI=1S/C27H32N4O5S/c1-4-30(5-2)11-8-12-31(27(37)29-21-10-7-6-9-20(21)26(33)34-3)16-19-13-18-14-23-24(36-17-35-23)15-22(18)28-25(19)32/h6-7,9-10,13-15H,4-5,8,11-12,16-17H2,1-3H3,(H,28,32)(H,29,37). The molecule has 0 bridgehead atoms. The molecule has 0 amide bonds. The third-order valence-electron chi connectivity index (χ3n) is 6.43. The third-order valence-corrected chi connectivity index (χ3v) is 6.79. The number of hydrogen-bond acceptors (Lipinski definition) is 7. The molecule has 0 saturated heterocycles. The number of anilines is 1. The second kappa shape index (κ2) is 12.1. The summed E-state index contributed by atoms with van der Waals surface area (Å²) in [5, 5.41) is 4.46. The molecule has 2 aromatic carbocycles. The molecule has 1 aliphatic rings. The maximum atomic E-state index is 13.0. The molecule has 2 heterocycles. The normalized spacial score (nSPS) is 12.1. The molecule has 0 saturated carbocycles. The van der Waals surface area contributed by atoms with E-state index >= 15 is 0 Å². The van der Waals surface area contributed by atoms with Crippen LogP contribution in [-0.2, 0) is 11.3 Å². The minimum Gasteiger partial charge on any atom is -0.465 e. The molecule has 196 valence electrons. The lowest BCUT2D eigenvalue weighted by atomic mass is 10.1. The fourth-order valence-corrected chi connectivity index (χ4v) is 4.58. The van der Waals surface area contributed by atoms with Crippen molar-refractivity contribution < 1.29 is 19.0 Å². The van der Waals surface area contributed by atoms with Gasteiger partial charge >= 0.3 is 5.97 Å². The van der Waals surface area contributed by atoms with Crippen molar-refractivity contribution in [2.45, 2.75) is 26.8 Å². The Bertz CT molecular complexity index is 1340. The average molecular weight is 525 g/mol. The second-order valence-electron chi connectivity index (χ2n) is 8.69. The highest BCUT2D eigenvalue weighted by molar-refractivity contribution is 7.80. The number of methoxy groups -OCH3 is 1. The summed E-state index contributed by atoms with van der Waals surface area (Å²) in [5.74, 6) is 0.811. The molecule has 1 aliphatic heterocycles. The minimum atomic E-state index is -0.455. The van der Waals surface area contributed by atoms with Gasteiger partial charge in [-0.25, -0.2) is 4.79 Å². The molecular formula is C27H32N4O5S. The smallest absolute Gasteiger partial charge is 0.339 e. The van der Waals surface area contributed by atoms with Gasteiger partial charge in [-0.15, -0.1) is 0 Å². The van der Waals surface area contributed by atoms with Crippen LogP contribution in [0.15, 0.2) is 47.3 Å². The zero-order chi connectivity index (χ0) is 26.4. The van der Waals surface area contributed by atoms with Gasteiger partial charge in [0.15, 0.2) is 16.6 Å². The van der Waals surface area contributed by atoms with Crippen molar-refractivity contribution in [3.05, 3.63) is 63.9 Å². The minimum absolute atomic E-state index is 0.163. The van der Waals surface area contributed by atoms with E-state index in [0.717, 1.165) is 31.4 Å². The number of nitrogens with one attached hydrogen (secondary N) is 2. The number of aromatic nitrogens is 1. The molecule has 0 atom stereocenters. The number of rotatable bonds is 10. The first-order valence-electron chi connectivity index (χ1n) is 12.3. The van der Waals surface area contributed by atoms with Crippen LogP contribution in [0.3, 0.4) is 0 Å². The van der Waals surface area contributed by atoms with Crippen molar-refractivity contribution in [2.75, 3.05) is 45.4 Å². The van der Waals surface area contributed by atoms with Gasteiger partial charge in [-0.05, 0) is 62.5 Å². The fourth-order valence-electron chi connectivity index (χ4n) is 4.32. The monoisotopic (exact) mass is 524 g/mol. The predicted octanol–water partition coefficient (Wildman–Crippen LogP) is 3.97. The van der Waals surface area contributed by atoms with Crippen LogP contribution in [0, 0.1) is 0 Å². The number of carbonyl (C=O) groups is 1. The maximum absolute atomic E-state index is 13.0. The molecular weight excluding hydrogens is 492 g/mol. The van der Waals surface area contributed by atoms with Gasteiger partial charge in [0, 0.05) is 23.6 Å². The zero-order valence-electron chi connectivity index (χ0n) is 21.3. The second-order valence-corrected chi connectivity index (χ2v) is 9.07. The average Bonchev–Trinajstić information content (AvgIpc) is 3.36. The number of benzene rings is 2. The number of nitrogens with zero attached hydrogens (tertiary/aromatic N) is 2. The van der Waals surface area contributed by atoms with Gasteiger partial charge in [-0.3, -0.25) is 4.79 Å². The van der Waals surface area contributed by atoms with E-state index in [1.54, 1.807) is 24.3 Å². The molecule has 9 nitrogen and oxygen atoms in total. The molecule has 3 aromatic rings. The molecule has 0 radical (unpaired) electrons. The lowest BCUT2D eigenvalue weighted by molar-refractivity contribution is 0.0602. The topological polar surface area (TPSA) is 96.1 Å². The molecule has 37 heavy (non-hydrogen) atoms. The van der Waals surface area contributed by atoms with Crippen LogP contribution in [0.5, 0.6) is 11.5 Å². The molecule has 0 unspecified atom stereocenters. The summed E-state index contributed by atoms with van der Waals surface area (Å²) in [6, 6.07) is 12.5. The largest absolute Gasteiger partial charge is 0.465 e. The SMILES string of the molecule is CCN(CC)CCCN(Cc1cc2cc3c(cc2[nH]c1=O)OCO3)C(=S)Nc1ccccc1C(=O)OC. The van der Waals surface area contributed by atoms with E-state index in [4.69, 9.17) is 26.4 Å². The molecule has 4 rings (SSSR count). The summed E-state index contributed by atoms with van der Waals surface area (Å²) in [4.78, 5) is 32.5. The van der Waals surface area contributed by atoms with Crippen LogP contribution in [-0.4, -0.2) is 65.9 Å². The van der Waals surface area contributed by atoms with Crippen molar-refractivity contribution >= 4 is 39.9 Å². The summed E-state index contributed by atoms with van der Waals surface area (Å²) < 4.78 is 15.8. The van der Waals surface area contributed by atoms with Gasteiger partial charge < -0.3 is 34.3 Å². The number of hydrogen-bond donors (Lipinski definition) is 2. The van der Waals surface area contributed by atoms with E-state index in [0.29, 0.717) is 52.0 Å². The highest BCUT2D eigenvalue weighted by atomic mass is 32.1. The van der Waals surface area contributed by atoms with E-state index < -0.39 is 5.97 Å². The zero-order valence-corrected chi connectivity index (χ0v) is 22.2. The Balaban J connectivity index is 1.59. The van der Waals surface area contributed by atoms with Crippen molar-refractivity contribution in [3.63, 3.8) is 0 Å². The molecule has 0 fully saturated rings. The van der Waals surface area contributed by atoms with Gasteiger partial charge in [0.25, 0.3) is 5.56 Å². The van der Waals surface area contributed by atoms with Crippen molar-refractivity contribution in [3.8, 4) is 11.5 Å². The number of carbonyl (C=O) groups excluding carboxylic acids is 1. The lowest BCUT2D eigenvalue weighted by Gasteiger charge is -2.27. The fraction of sp³-hybridized carbons (Fsp3) is 0.370. The van der Waals surface area contributed by atoms with Crippen LogP contribution in [0.2, 0.25) is 0 Å². The van der Waals surface area contributed by atoms with E-state index in [2.05, 4.69) is 29.0 Å². The van der Waals surface area contributed by atoms with E-state index in [9.17, 15) is 9.59 Å². The number of H-pyrrole nitrogens is 1. The Labute approximate surface area is 221 Å². The lowest BCUT2D eigenvalue weighted by Crippen LogP contribution is -2.38. The van der Waals surface area contributed by atoms with Crippen LogP contribution in [0.25, 0.3) is 10.9 Å². The van der Waals surface area contributed by atoms with E-state index in [1.165, 1.54) is 7.11 Å². The Kier molecular flexibility index (Phi) is 8.62. The van der Waals surface area contributed by atoms with Crippen LogP contribution in [0.1, 0.15) is 36.2 Å². The highest BCUT2D eigenvalue weighted by Crippen LogP contribution is 2.35. The number of pyridine rings is 1. The highest BCUT2D eigenvalue weighted by Gasteiger charge is 2.19. The van der Waals surface area contributed by atoms with Crippen molar-refractivity contribution in [2.24, 2.45) is 0 Å². The van der Waals surface area contributed by atoms with Crippen LogP contribution >= 0.6 is 12.2 Å². The van der Waals surface area contributed by atoms with Gasteiger partial charge in [0.1, 0.15) is 0 Å². The molecule has 2 N–H and O–H groups in total. The summed E-state index contributed by atoms with van der Waals surface area (Å²) in [6.45, 7) is 8.19. The molecule has 1 aromatic heterocycles. The van der Waals surface area contributed by atoms with E-state index in [1.807, 2.05) is 23.1 Å².